The predicted octanol–water partition coefficient (Wildman–Crippen LogP) is 5.71. The molecule has 0 radical (unpaired) electrons. The van der Waals surface area contributed by atoms with Gasteiger partial charge in [-0.05, 0) is 66.3 Å². The number of amides is 1. The SMILES string of the molecule is C=CC(=O)N1CCCC1c1ccc(C(=O)Cc2ccc(C)c(Cc3nccc(-c4cccnc4)n3)c2)cc1. The topological polar surface area (TPSA) is 76.1 Å². The Morgan fingerprint density at radius 2 is 1.92 bits per heavy atom. The lowest BCUT2D eigenvalue weighted by molar-refractivity contribution is -0.126. The van der Waals surface area contributed by atoms with E-state index in [0.717, 1.165) is 58.7 Å². The lowest BCUT2D eigenvalue weighted by atomic mass is 9.96. The number of hydrogen-bond donors (Lipinski definition) is 0. The Bertz CT molecular complexity index is 1460. The largest absolute Gasteiger partial charge is 0.332 e. The first-order chi connectivity index (χ1) is 18.5. The van der Waals surface area contributed by atoms with Crippen LogP contribution in [0.15, 0.2) is 91.9 Å². The van der Waals surface area contributed by atoms with Gasteiger partial charge in [-0.3, -0.25) is 14.6 Å². The molecule has 2 aromatic heterocycles. The second-order valence-corrected chi connectivity index (χ2v) is 9.65. The average Bonchev–Trinajstić information content (AvgIpc) is 3.45. The summed E-state index contributed by atoms with van der Waals surface area (Å²) in [6, 6.07) is 19.6. The van der Waals surface area contributed by atoms with Crippen LogP contribution < -0.4 is 0 Å². The van der Waals surface area contributed by atoms with Gasteiger partial charge in [-0.25, -0.2) is 9.97 Å². The van der Waals surface area contributed by atoms with Gasteiger partial charge < -0.3 is 4.90 Å². The fourth-order valence-electron chi connectivity index (χ4n) is 5.03. The van der Waals surface area contributed by atoms with E-state index >= 15 is 0 Å². The standard InChI is InChI=1S/C32H30N4O2/c1-3-32(38)36-17-5-7-29(36)24-10-12-25(13-11-24)30(37)19-23-9-8-22(2)27(18-23)20-31-34-16-14-28(35-31)26-6-4-15-33-21-26/h3-4,6,8-16,18,21,29H,1,5,7,17,19-20H2,2H3. The molecule has 1 atom stereocenters. The van der Waals surface area contributed by atoms with Crippen molar-refractivity contribution in [3.63, 3.8) is 0 Å². The van der Waals surface area contributed by atoms with Crippen LogP contribution in [-0.2, 0) is 17.6 Å². The van der Waals surface area contributed by atoms with Crippen LogP contribution in [-0.4, -0.2) is 38.1 Å². The summed E-state index contributed by atoms with van der Waals surface area (Å²) in [5.41, 5.74) is 6.71. The van der Waals surface area contributed by atoms with Crippen molar-refractivity contribution in [3.05, 3.63) is 126 Å². The monoisotopic (exact) mass is 502 g/mol. The molecule has 2 aromatic carbocycles. The number of carbonyl (C=O) groups is 2. The van der Waals surface area contributed by atoms with Crippen LogP contribution in [0.1, 0.15) is 57.3 Å². The summed E-state index contributed by atoms with van der Waals surface area (Å²) in [7, 11) is 0. The molecular weight excluding hydrogens is 472 g/mol. The Hall–Kier alpha value is -4.45. The average molecular weight is 503 g/mol. The second kappa shape index (κ2) is 11.3. The van der Waals surface area contributed by atoms with Crippen LogP contribution >= 0.6 is 0 Å². The third-order valence-electron chi connectivity index (χ3n) is 7.12. The molecule has 1 aliphatic rings. The molecule has 190 valence electrons. The van der Waals surface area contributed by atoms with Gasteiger partial charge in [-0.1, -0.05) is 49.0 Å². The summed E-state index contributed by atoms with van der Waals surface area (Å²) in [4.78, 5) is 40.5. The van der Waals surface area contributed by atoms with Gasteiger partial charge in [-0.15, -0.1) is 0 Å². The second-order valence-electron chi connectivity index (χ2n) is 9.65. The first-order valence-corrected chi connectivity index (χ1v) is 12.9. The maximum Gasteiger partial charge on any atom is 0.246 e. The van der Waals surface area contributed by atoms with E-state index in [9.17, 15) is 9.59 Å². The van der Waals surface area contributed by atoms with Gasteiger partial charge in [-0.2, -0.15) is 0 Å². The summed E-state index contributed by atoms with van der Waals surface area (Å²) >= 11 is 0. The number of pyridine rings is 1. The number of nitrogens with zero attached hydrogens (tertiary/aromatic N) is 4. The molecule has 0 saturated carbocycles. The van der Waals surface area contributed by atoms with E-state index in [1.54, 1.807) is 18.6 Å². The van der Waals surface area contributed by atoms with Crippen LogP contribution in [0, 0.1) is 6.92 Å². The minimum Gasteiger partial charge on any atom is -0.332 e. The summed E-state index contributed by atoms with van der Waals surface area (Å²) < 4.78 is 0. The molecule has 1 amide bonds. The van der Waals surface area contributed by atoms with E-state index in [1.165, 1.54) is 6.08 Å². The molecule has 0 bridgehead atoms. The zero-order valence-corrected chi connectivity index (χ0v) is 21.5. The lowest BCUT2D eigenvalue weighted by Crippen LogP contribution is -2.28. The molecular formula is C32H30N4O2. The number of benzene rings is 2. The molecule has 5 rings (SSSR count). The third kappa shape index (κ3) is 5.59. The van der Waals surface area contributed by atoms with Gasteiger partial charge in [0, 0.05) is 49.1 Å². The van der Waals surface area contributed by atoms with Gasteiger partial charge in [0.2, 0.25) is 5.91 Å². The highest BCUT2D eigenvalue weighted by atomic mass is 16.2. The Balaban J connectivity index is 1.28. The number of aryl methyl sites for hydroxylation is 1. The zero-order chi connectivity index (χ0) is 26.5. The van der Waals surface area contributed by atoms with Gasteiger partial charge in [0.05, 0.1) is 11.7 Å². The third-order valence-corrected chi connectivity index (χ3v) is 7.12. The molecule has 0 spiro atoms. The Morgan fingerprint density at radius 1 is 1.08 bits per heavy atom. The van der Waals surface area contributed by atoms with Crippen LogP contribution in [0.5, 0.6) is 0 Å². The number of rotatable bonds is 8. The number of Topliss-reactive ketones (excluding diaryl/α,β-unsaturated/α-hetero) is 1. The lowest BCUT2D eigenvalue weighted by Gasteiger charge is -2.23. The molecule has 4 aromatic rings. The number of ketones is 1. The molecule has 38 heavy (non-hydrogen) atoms. The van der Waals surface area contributed by atoms with E-state index in [1.807, 2.05) is 53.4 Å². The summed E-state index contributed by atoms with van der Waals surface area (Å²) in [5, 5.41) is 0. The van der Waals surface area contributed by atoms with Crippen molar-refractivity contribution in [2.45, 2.75) is 38.6 Å². The first-order valence-electron chi connectivity index (χ1n) is 12.9. The zero-order valence-electron chi connectivity index (χ0n) is 21.5. The molecule has 1 unspecified atom stereocenters. The molecule has 1 fully saturated rings. The van der Waals surface area contributed by atoms with Crippen molar-refractivity contribution in [1.29, 1.82) is 0 Å². The smallest absolute Gasteiger partial charge is 0.246 e. The molecule has 0 N–H and O–H groups in total. The van der Waals surface area contributed by atoms with Gasteiger partial charge in [0.15, 0.2) is 5.78 Å². The Labute approximate surface area is 223 Å². The normalized spacial score (nSPS) is 14.9. The van der Waals surface area contributed by atoms with Crippen molar-refractivity contribution >= 4 is 11.7 Å². The quantitative estimate of drug-likeness (QED) is 0.228. The summed E-state index contributed by atoms with van der Waals surface area (Å²) in [5.74, 6) is 0.744. The maximum atomic E-state index is 13.1. The summed E-state index contributed by atoms with van der Waals surface area (Å²) in [6.07, 6.45) is 9.47. The maximum absolute atomic E-state index is 13.1. The number of hydrogen-bond acceptors (Lipinski definition) is 5. The van der Waals surface area contributed by atoms with Crippen molar-refractivity contribution in [1.82, 2.24) is 19.9 Å². The molecule has 3 heterocycles. The Kier molecular flexibility index (Phi) is 7.50. The van der Waals surface area contributed by atoms with Crippen molar-refractivity contribution in [3.8, 4) is 11.3 Å². The molecule has 0 aliphatic carbocycles. The first kappa shape index (κ1) is 25.2. The molecule has 1 saturated heterocycles. The summed E-state index contributed by atoms with van der Waals surface area (Å²) in [6.45, 7) is 6.42. The fourth-order valence-corrected chi connectivity index (χ4v) is 5.03. The number of aromatic nitrogens is 3. The van der Waals surface area contributed by atoms with E-state index in [0.29, 0.717) is 18.4 Å². The van der Waals surface area contributed by atoms with Gasteiger partial charge in [0.25, 0.3) is 0 Å². The van der Waals surface area contributed by atoms with Gasteiger partial charge >= 0.3 is 0 Å². The van der Waals surface area contributed by atoms with Crippen LogP contribution in [0.2, 0.25) is 0 Å². The number of carbonyl (C=O) groups excluding carboxylic acids is 2. The number of likely N-dealkylation sites (tertiary alicyclic amines) is 1. The molecule has 6 nitrogen and oxygen atoms in total. The van der Waals surface area contributed by atoms with Gasteiger partial charge in [0.1, 0.15) is 5.82 Å². The minimum atomic E-state index is -0.0444. The van der Waals surface area contributed by atoms with E-state index in [-0.39, 0.29) is 17.7 Å². The van der Waals surface area contributed by atoms with E-state index < -0.39 is 0 Å². The predicted molar refractivity (Wildman–Crippen MR) is 148 cm³/mol. The highest BCUT2D eigenvalue weighted by molar-refractivity contribution is 5.97. The fraction of sp³-hybridized carbons (Fsp3) is 0.219. The minimum absolute atomic E-state index is 0.0444. The van der Waals surface area contributed by atoms with Crippen molar-refractivity contribution in [2.75, 3.05) is 6.54 Å². The van der Waals surface area contributed by atoms with Crippen molar-refractivity contribution in [2.24, 2.45) is 0 Å². The highest BCUT2D eigenvalue weighted by Gasteiger charge is 2.28. The highest BCUT2D eigenvalue weighted by Crippen LogP contribution is 2.32. The van der Waals surface area contributed by atoms with Crippen LogP contribution in [0.3, 0.4) is 0 Å². The van der Waals surface area contributed by atoms with E-state index in [2.05, 4.69) is 35.6 Å². The van der Waals surface area contributed by atoms with E-state index in [4.69, 9.17) is 4.98 Å². The van der Waals surface area contributed by atoms with Crippen LogP contribution in [0.4, 0.5) is 0 Å². The van der Waals surface area contributed by atoms with Crippen molar-refractivity contribution < 1.29 is 9.59 Å². The molecule has 1 aliphatic heterocycles. The molecule has 6 heteroatoms. The van der Waals surface area contributed by atoms with Crippen LogP contribution in [0.25, 0.3) is 11.3 Å². The Morgan fingerprint density at radius 3 is 2.68 bits per heavy atom.